The van der Waals surface area contributed by atoms with Crippen molar-refractivity contribution in [1.82, 2.24) is 0 Å². The van der Waals surface area contributed by atoms with Gasteiger partial charge in [-0.1, -0.05) is 20.8 Å². The highest BCUT2D eigenvalue weighted by Gasteiger charge is 2.11. The van der Waals surface area contributed by atoms with Crippen molar-refractivity contribution in [2.24, 2.45) is 11.8 Å². The van der Waals surface area contributed by atoms with Crippen LogP contribution in [0.5, 0.6) is 5.75 Å². The van der Waals surface area contributed by atoms with E-state index in [2.05, 4.69) is 26.1 Å². The van der Waals surface area contributed by atoms with E-state index in [1.54, 1.807) is 25.3 Å². The highest BCUT2D eigenvalue weighted by Crippen LogP contribution is 2.25. The Kier molecular flexibility index (Phi) is 5.67. The number of carbonyl (C=O) groups is 1. The van der Waals surface area contributed by atoms with E-state index >= 15 is 0 Å². The molecule has 0 heterocycles. The summed E-state index contributed by atoms with van der Waals surface area (Å²) in [6.07, 6.45) is 1.59. The smallest absolute Gasteiger partial charge is 0.224 e. The molecule has 1 aromatic carbocycles. The number of rotatable bonds is 6. The van der Waals surface area contributed by atoms with E-state index in [1.165, 1.54) is 0 Å². The molecule has 0 aliphatic heterocycles. The van der Waals surface area contributed by atoms with Crippen LogP contribution in [0, 0.1) is 11.8 Å². The number of anilines is 2. The molecule has 0 aromatic heterocycles. The summed E-state index contributed by atoms with van der Waals surface area (Å²) < 4.78 is 5.08. The number of ether oxygens (including phenoxy) is 1. The van der Waals surface area contributed by atoms with Crippen molar-refractivity contribution in [3.63, 3.8) is 0 Å². The molecular weight excluding hydrogens is 240 g/mol. The van der Waals surface area contributed by atoms with Crippen molar-refractivity contribution in [3.05, 3.63) is 18.2 Å². The zero-order valence-corrected chi connectivity index (χ0v) is 12.2. The van der Waals surface area contributed by atoms with Gasteiger partial charge in [0.05, 0.1) is 12.8 Å². The van der Waals surface area contributed by atoms with Gasteiger partial charge >= 0.3 is 0 Å². The fourth-order valence-corrected chi connectivity index (χ4v) is 2.23. The molecule has 0 saturated carbocycles. The van der Waals surface area contributed by atoms with E-state index in [0.717, 1.165) is 6.42 Å². The summed E-state index contributed by atoms with van der Waals surface area (Å²) in [7, 11) is 1.57. The van der Waals surface area contributed by atoms with Gasteiger partial charge in [-0.2, -0.15) is 0 Å². The number of nitrogen functional groups attached to an aromatic ring is 1. The zero-order chi connectivity index (χ0) is 14.4. The SMILES string of the molecule is COc1ccc(NC(=O)CC(C)CC(C)C)cc1N. The van der Waals surface area contributed by atoms with E-state index in [9.17, 15) is 4.79 Å². The van der Waals surface area contributed by atoms with Gasteiger partial charge in [-0.15, -0.1) is 0 Å². The number of nitrogens with two attached hydrogens (primary N) is 1. The number of methoxy groups -OCH3 is 1. The quantitative estimate of drug-likeness (QED) is 0.775. The van der Waals surface area contributed by atoms with Gasteiger partial charge in [0.2, 0.25) is 5.91 Å². The first-order chi connectivity index (χ1) is 8.92. The Labute approximate surface area is 115 Å². The fraction of sp³-hybridized carbons (Fsp3) is 0.533. The molecule has 0 radical (unpaired) electrons. The second kappa shape index (κ2) is 7.02. The minimum atomic E-state index is 0.0257. The number of benzene rings is 1. The van der Waals surface area contributed by atoms with Crippen LogP contribution in [-0.2, 0) is 4.79 Å². The monoisotopic (exact) mass is 264 g/mol. The Morgan fingerprint density at radius 1 is 1.37 bits per heavy atom. The third kappa shape index (κ3) is 5.20. The van der Waals surface area contributed by atoms with E-state index in [4.69, 9.17) is 10.5 Å². The van der Waals surface area contributed by atoms with Gasteiger partial charge in [0.25, 0.3) is 0 Å². The van der Waals surface area contributed by atoms with Crippen LogP contribution >= 0.6 is 0 Å². The molecule has 0 spiro atoms. The van der Waals surface area contributed by atoms with Crippen molar-refractivity contribution in [2.75, 3.05) is 18.2 Å². The molecule has 0 saturated heterocycles. The molecular formula is C15H24N2O2. The molecule has 0 bridgehead atoms. The van der Waals surface area contributed by atoms with Gasteiger partial charge in [0.1, 0.15) is 5.75 Å². The third-order valence-electron chi connectivity index (χ3n) is 2.92. The van der Waals surface area contributed by atoms with Crippen LogP contribution in [0.1, 0.15) is 33.6 Å². The van der Waals surface area contributed by atoms with Crippen molar-refractivity contribution < 1.29 is 9.53 Å². The van der Waals surface area contributed by atoms with Crippen LogP contribution in [0.4, 0.5) is 11.4 Å². The Morgan fingerprint density at radius 2 is 2.05 bits per heavy atom. The minimum absolute atomic E-state index is 0.0257. The van der Waals surface area contributed by atoms with Crippen LogP contribution in [0.25, 0.3) is 0 Å². The number of nitrogens with one attached hydrogen (secondary N) is 1. The molecule has 106 valence electrons. The maximum atomic E-state index is 11.9. The molecule has 1 unspecified atom stereocenters. The molecule has 1 rings (SSSR count). The average Bonchev–Trinajstić information content (AvgIpc) is 2.27. The van der Waals surface area contributed by atoms with Crippen LogP contribution in [0.15, 0.2) is 18.2 Å². The van der Waals surface area contributed by atoms with Crippen molar-refractivity contribution >= 4 is 17.3 Å². The summed E-state index contributed by atoms with van der Waals surface area (Å²) in [5.74, 6) is 1.64. The van der Waals surface area contributed by atoms with Crippen LogP contribution < -0.4 is 15.8 Å². The second-order valence-electron chi connectivity index (χ2n) is 5.44. The lowest BCUT2D eigenvalue weighted by atomic mass is 9.96. The van der Waals surface area contributed by atoms with E-state index in [0.29, 0.717) is 35.4 Å². The van der Waals surface area contributed by atoms with E-state index in [1.807, 2.05) is 0 Å². The predicted molar refractivity (Wildman–Crippen MR) is 79.3 cm³/mol. The van der Waals surface area contributed by atoms with Crippen molar-refractivity contribution in [3.8, 4) is 5.75 Å². The van der Waals surface area contributed by atoms with Gasteiger partial charge in [0, 0.05) is 12.1 Å². The van der Waals surface area contributed by atoms with E-state index in [-0.39, 0.29) is 5.91 Å². The highest BCUT2D eigenvalue weighted by atomic mass is 16.5. The first kappa shape index (κ1) is 15.3. The van der Waals surface area contributed by atoms with Gasteiger partial charge in [-0.3, -0.25) is 4.79 Å². The predicted octanol–water partition coefficient (Wildman–Crippen LogP) is 3.29. The molecule has 4 nitrogen and oxygen atoms in total. The topological polar surface area (TPSA) is 64.3 Å². The maximum absolute atomic E-state index is 11.9. The van der Waals surface area contributed by atoms with Gasteiger partial charge < -0.3 is 15.8 Å². The Morgan fingerprint density at radius 3 is 2.58 bits per heavy atom. The minimum Gasteiger partial charge on any atom is -0.495 e. The number of amides is 1. The number of hydrogen-bond donors (Lipinski definition) is 2. The molecule has 1 atom stereocenters. The summed E-state index contributed by atoms with van der Waals surface area (Å²) in [5.41, 5.74) is 7.03. The molecule has 4 heteroatoms. The summed E-state index contributed by atoms with van der Waals surface area (Å²) in [5, 5.41) is 2.86. The third-order valence-corrected chi connectivity index (χ3v) is 2.92. The van der Waals surface area contributed by atoms with Gasteiger partial charge in [0.15, 0.2) is 0 Å². The number of hydrogen-bond acceptors (Lipinski definition) is 3. The van der Waals surface area contributed by atoms with Crippen molar-refractivity contribution in [1.29, 1.82) is 0 Å². The Bertz CT molecular complexity index is 430. The summed E-state index contributed by atoms with van der Waals surface area (Å²) in [6.45, 7) is 6.43. The Hall–Kier alpha value is -1.71. The summed E-state index contributed by atoms with van der Waals surface area (Å²) >= 11 is 0. The Balaban J connectivity index is 2.55. The molecule has 0 fully saturated rings. The first-order valence-corrected chi connectivity index (χ1v) is 6.65. The second-order valence-corrected chi connectivity index (χ2v) is 5.44. The summed E-state index contributed by atoms with van der Waals surface area (Å²) in [4.78, 5) is 11.9. The molecule has 1 amide bonds. The standard InChI is InChI=1S/C15H24N2O2/c1-10(2)7-11(3)8-15(18)17-12-5-6-14(19-4)13(16)9-12/h5-6,9-11H,7-8,16H2,1-4H3,(H,17,18). The number of carbonyl (C=O) groups excluding carboxylic acids is 1. The van der Waals surface area contributed by atoms with Gasteiger partial charge in [-0.25, -0.2) is 0 Å². The lowest BCUT2D eigenvalue weighted by Gasteiger charge is -2.14. The molecule has 0 aliphatic rings. The largest absolute Gasteiger partial charge is 0.495 e. The molecule has 1 aromatic rings. The summed E-state index contributed by atoms with van der Waals surface area (Å²) in [6, 6.07) is 5.26. The zero-order valence-electron chi connectivity index (χ0n) is 12.2. The van der Waals surface area contributed by atoms with Crippen molar-refractivity contribution in [2.45, 2.75) is 33.6 Å². The highest BCUT2D eigenvalue weighted by molar-refractivity contribution is 5.91. The normalized spacial score (nSPS) is 12.3. The van der Waals surface area contributed by atoms with Gasteiger partial charge in [-0.05, 0) is 36.5 Å². The lowest BCUT2D eigenvalue weighted by molar-refractivity contribution is -0.117. The van der Waals surface area contributed by atoms with Crippen LogP contribution in [-0.4, -0.2) is 13.0 Å². The fourth-order valence-electron chi connectivity index (χ4n) is 2.23. The first-order valence-electron chi connectivity index (χ1n) is 6.65. The molecule has 3 N–H and O–H groups in total. The average molecular weight is 264 g/mol. The molecule has 19 heavy (non-hydrogen) atoms. The van der Waals surface area contributed by atoms with Crippen LogP contribution in [0.2, 0.25) is 0 Å². The maximum Gasteiger partial charge on any atom is 0.224 e. The van der Waals surface area contributed by atoms with E-state index < -0.39 is 0 Å². The molecule has 0 aliphatic carbocycles. The van der Waals surface area contributed by atoms with Crippen LogP contribution in [0.3, 0.4) is 0 Å². The lowest BCUT2D eigenvalue weighted by Crippen LogP contribution is -2.16.